The summed E-state index contributed by atoms with van der Waals surface area (Å²) in [5, 5.41) is 3.33. The molecule has 0 bridgehead atoms. The first kappa shape index (κ1) is 15.2. The first-order chi connectivity index (χ1) is 10.2. The summed E-state index contributed by atoms with van der Waals surface area (Å²) in [6, 6.07) is 12.1. The molecule has 2 rings (SSSR count). The first-order valence-corrected chi connectivity index (χ1v) is 7.32. The zero-order chi connectivity index (χ0) is 15.1. The van der Waals surface area contributed by atoms with Gasteiger partial charge in [0, 0.05) is 11.4 Å². The number of carbonyl (C=O) groups is 1. The molecule has 1 heterocycles. The fourth-order valence-corrected chi connectivity index (χ4v) is 2.14. The number of aromatic nitrogens is 1. The van der Waals surface area contributed by atoms with Crippen LogP contribution in [0.15, 0.2) is 36.4 Å². The van der Waals surface area contributed by atoms with Crippen molar-refractivity contribution in [1.82, 2.24) is 4.98 Å². The van der Waals surface area contributed by atoms with E-state index in [9.17, 15) is 4.79 Å². The Kier molecular flexibility index (Phi) is 5.43. The molecular weight excluding hydrogens is 264 g/mol. The number of aryl methyl sites for hydroxylation is 1. The molecule has 2 N–H and O–H groups in total. The second-order valence-corrected chi connectivity index (χ2v) is 5.04. The number of hydrogen-bond acceptors (Lipinski definition) is 3. The first-order valence-electron chi connectivity index (χ1n) is 7.32. The Balaban J connectivity index is 1.87. The number of H-pyrrole nitrogens is 1. The van der Waals surface area contributed by atoms with E-state index in [0.717, 1.165) is 17.8 Å². The van der Waals surface area contributed by atoms with Crippen molar-refractivity contribution in [2.45, 2.75) is 32.7 Å². The Morgan fingerprint density at radius 3 is 2.62 bits per heavy atom. The van der Waals surface area contributed by atoms with Gasteiger partial charge in [-0.1, -0.05) is 25.5 Å². The van der Waals surface area contributed by atoms with Crippen molar-refractivity contribution < 1.29 is 9.53 Å². The van der Waals surface area contributed by atoms with Gasteiger partial charge in [0.25, 0.3) is 0 Å². The van der Waals surface area contributed by atoms with Crippen LogP contribution in [0.1, 0.15) is 41.5 Å². The number of carbonyl (C=O) groups excluding carboxylic acids is 1. The molecule has 2 aromatic rings. The van der Waals surface area contributed by atoms with E-state index in [4.69, 9.17) is 0 Å². The van der Waals surface area contributed by atoms with Crippen molar-refractivity contribution in [1.29, 1.82) is 0 Å². The van der Waals surface area contributed by atoms with E-state index in [1.807, 2.05) is 6.07 Å². The van der Waals surface area contributed by atoms with Crippen LogP contribution in [-0.4, -0.2) is 18.1 Å². The van der Waals surface area contributed by atoms with Crippen LogP contribution in [-0.2, 0) is 17.7 Å². The lowest BCUT2D eigenvalue weighted by molar-refractivity contribution is 0.0594. The summed E-state index contributed by atoms with van der Waals surface area (Å²) >= 11 is 0. The van der Waals surface area contributed by atoms with E-state index in [1.165, 1.54) is 25.5 Å². The summed E-state index contributed by atoms with van der Waals surface area (Å²) in [6.45, 7) is 2.85. The van der Waals surface area contributed by atoms with Crippen molar-refractivity contribution >= 4 is 11.7 Å². The quantitative estimate of drug-likeness (QED) is 0.762. The average molecular weight is 286 g/mol. The van der Waals surface area contributed by atoms with E-state index in [0.29, 0.717) is 12.2 Å². The summed E-state index contributed by atoms with van der Waals surface area (Å²) in [5.41, 5.74) is 3.87. The van der Waals surface area contributed by atoms with Crippen molar-refractivity contribution in [3.8, 4) is 0 Å². The molecule has 0 aliphatic carbocycles. The number of unbranched alkanes of at least 4 members (excludes halogenated alkanes) is 1. The highest BCUT2D eigenvalue weighted by Gasteiger charge is 2.07. The van der Waals surface area contributed by atoms with E-state index >= 15 is 0 Å². The fourth-order valence-electron chi connectivity index (χ4n) is 2.14. The molecule has 0 atom stereocenters. The molecule has 1 aromatic heterocycles. The number of benzene rings is 1. The van der Waals surface area contributed by atoms with E-state index in [-0.39, 0.29) is 5.97 Å². The van der Waals surface area contributed by atoms with Crippen LogP contribution >= 0.6 is 0 Å². The maximum atomic E-state index is 11.4. The molecule has 112 valence electrons. The lowest BCUT2D eigenvalue weighted by Crippen LogP contribution is -2.03. The summed E-state index contributed by atoms with van der Waals surface area (Å²) in [5.74, 6) is -0.346. The third-order valence-corrected chi connectivity index (χ3v) is 3.41. The lowest BCUT2D eigenvalue weighted by Gasteiger charge is -2.06. The smallest absolute Gasteiger partial charge is 0.354 e. The average Bonchev–Trinajstić information content (AvgIpc) is 3.00. The Labute approximate surface area is 125 Å². The van der Waals surface area contributed by atoms with Crippen LogP contribution in [0, 0.1) is 0 Å². The number of rotatable bonds is 7. The van der Waals surface area contributed by atoms with Gasteiger partial charge in [0.05, 0.1) is 13.7 Å². The maximum Gasteiger partial charge on any atom is 0.354 e. The van der Waals surface area contributed by atoms with Crippen LogP contribution in [0.25, 0.3) is 0 Å². The van der Waals surface area contributed by atoms with Gasteiger partial charge in [-0.2, -0.15) is 0 Å². The van der Waals surface area contributed by atoms with Crippen molar-refractivity contribution in [3.63, 3.8) is 0 Å². The second-order valence-electron chi connectivity index (χ2n) is 5.04. The maximum absolute atomic E-state index is 11.4. The zero-order valence-electron chi connectivity index (χ0n) is 12.6. The van der Waals surface area contributed by atoms with Crippen LogP contribution < -0.4 is 5.32 Å². The molecule has 0 radical (unpaired) electrons. The molecule has 21 heavy (non-hydrogen) atoms. The Hall–Kier alpha value is -2.23. The highest BCUT2D eigenvalue weighted by Crippen LogP contribution is 2.13. The highest BCUT2D eigenvalue weighted by atomic mass is 16.5. The van der Waals surface area contributed by atoms with Gasteiger partial charge in [0.2, 0.25) is 0 Å². The predicted octanol–water partition coefficient (Wildman–Crippen LogP) is 3.76. The zero-order valence-corrected chi connectivity index (χ0v) is 12.6. The number of hydrogen-bond donors (Lipinski definition) is 2. The standard InChI is InChI=1S/C17H22N2O2/c1-3-4-5-13-6-8-14(9-7-13)18-12-15-10-11-16(19-15)17(20)21-2/h6-11,18-19H,3-5,12H2,1-2H3. The summed E-state index contributed by atoms with van der Waals surface area (Å²) < 4.78 is 4.67. The molecule has 0 aliphatic heterocycles. The molecule has 0 saturated heterocycles. The van der Waals surface area contributed by atoms with E-state index in [2.05, 4.69) is 46.2 Å². The molecular formula is C17H22N2O2. The summed E-state index contributed by atoms with van der Waals surface area (Å²) in [6.07, 6.45) is 3.58. The number of methoxy groups -OCH3 is 1. The molecule has 4 heteroatoms. The molecule has 0 saturated carbocycles. The minimum absolute atomic E-state index is 0.346. The third-order valence-electron chi connectivity index (χ3n) is 3.41. The fraction of sp³-hybridized carbons (Fsp3) is 0.353. The number of esters is 1. The highest BCUT2D eigenvalue weighted by molar-refractivity contribution is 5.87. The minimum atomic E-state index is -0.346. The molecule has 0 aliphatic rings. The molecule has 4 nitrogen and oxygen atoms in total. The number of nitrogens with one attached hydrogen (secondary N) is 2. The minimum Gasteiger partial charge on any atom is -0.464 e. The monoisotopic (exact) mass is 286 g/mol. The second kappa shape index (κ2) is 7.53. The summed E-state index contributed by atoms with van der Waals surface area (Å²) in [4.78, 5) is 14.4. The molecule has 0 fully saturated rings. The van der Waals surface area contributed by atoms with Crippen molar-refractivity contribution in [2.24, 2.45) is 0 Å². The lowest BCUT2D eigenvalue weighted by atomic mass is 10.1. The SMILES string of the molecule is CCCCc1ccc(NCc2ccc(C(=O)OC)[nH]2)cc1. The van der Waals surface area contributed by atoms with Gasteiger partial charge in [-0.05, 0) is 42.7 Å². The normalized spacial score (nSPS) is 10.4. The predicted molar refractivity (Wildman–Crippen MR) is 84.5 cm³/mol. The van der Waals surface area contributed by atoms with Gasteiger partial charge >= 0.3 is 5.97 Å². The van der Waals surface area contributed by atoms with Crippen LogP contribution in [0.2, 0.25) is 0 Å². The van der Waals surface area contributed by atoms with Crippen molar-refractivity contribution in [2.75, 3.05) is 12.4 Å². The molecule has 0 unspecified atom stereocenters. The van der Waals surface area contributed by atoms with Crippen LogP contribution in [0.3, 0.4) is 0 Å². The van der Waals surface area contributed by atoms with E-state index < -0.39 is 0 Å². The Bertz CT molecular complexity index is 573. The number of ether oxygens (including phenoxy) is 1. The van der Waals surface area contributed by atoms with Gasteiger partial charge in [0.15, 0.2) is 0 Å². The topological polar surface area (TPSA) is 54.1 Å². The number of aromatic amines is 1. The van der Waals surface area contributed by atoms with Gasteiger partial charge in [-0.15, -0.1) is 0 Å². The molecule has 0 spiro atoms. The molecule has 1 aromatic carbocycles. The van der Waals surface area contributed by atoms with Gasteiger partial charge in [0.1, 0.15) is 5.69 Å². The van der Waals surface area contributed by atoms with Crippen LogP contribution in [0.4, 0.5) is 5.69 Å². The van der Waals surface area contributed by atoms with Gasteiger partial charge < -0.3 is 15.0 Å². The van der Waals surface area contributed by atoms with Gasteiger partial charge in [-0.25, -0.2) is 4.79 Å². The number of anilines is 1. The summed E-state index contributed by atoms with van der Waals surface area (Å²) in [7, 11) is 1.38. The third kappa shape index (κ3) is 4.38. The van der Waals surface area contributed by atoms with Gasteiger partial charge in [-0.3, -0.25) is 0 Å². The van der Waals surface area contributed by atoms with E-state index in [1.54, 1.807) is 6.07 Å². The Morgan fingerprint density at radius 1 is 1.19 bits per heavy atom. The van der Waals surface area contributed by atoms with Crippen LogP contribution in [0.5, 0.6) is 0 Å². The largest absolute Gasteiger partial charge is 0.464 e. The Morgan fingerprint density at radius 2 is 1.95 bits per heavy atom. The molecule has 0 amide bonds. The van der Waals surface area contributed by atoms with Crippen molar-refractivity contribution in [3.05, 3.63) is 53.3 Å².